The molecule has 3 heterocycles. The molecule has 2 aromatic heterocycles. The summed E-state index contributed by atoms with van der Waals surface area (Å²) in [7, 11) is 0. The lowest BCUT2D eigenvalue weighted by atomic mass is 9.91. The van der Waals surface area contributed by atoms with Gasteiger partial charge in [-0.2, -0.15) is 16.3 Å². The first kappa shape index (κ1) is 11.8. The summed E-state index contributed by atoms with van der Waals surface area (Å²) in [5.74, 6) is 1.50. The molecule has 0 bridgehead atoms. The largest absolute Gasteiger partial charge is 0.338 e. The van der Waals surface area contributed by atoms with Gasteiger partial charge in [0.2, 0.25) is 11.7 Å². The summed E-state index contributed by atoms with van der Waals surface area (Å²) >= 11 is 1.63. The molecule has 1 N–H and O–H groups in total. The van der Waals surface area contributed by atoms with Crippen molar-refractivity contribution in [2.75, 3.05) is 6.54 Å². The van der Waals surface area contributed by atoms with Crippen LogP contribution in [0.3, 0.4) is 0 Å². The highest BCUT2D eigenvalue weighted by molar-refractivity contribution is 7.08. The molecule has 5 heteroatoms. The Bertz CT molecular complexity index is 720. The van der Waals surface area contributed by atoms with Gasteiger partial charge in [-0.1, -0.05) is 29.4 Å². The summed E-state index contributed by atoms with van der Waals surface area (Å²) in [5.41, 5.74) is 3.60. The quantitative estimate of drug-likeness (QED) is 0.785. The number of nitrogens with one attached hydrogen (secondary N) is 1. The molecule has 3 aromatic rings. The van der Waals surface area contributed by atoms with E-state index in [1.807, 2.05) is 16.8 Å². The van der Waals surface area contributed by atoms with Crippen molar-refractivity contribution < 1.29 is 4.52 Å². The van der Waals surface area contributed by atoms with Crippen molar-refractivity contribution in [2.24, 2.45) is 0 Å². The third-order valence-corrected chi connectivity index (χ3v) is 4.30. The third kappa shape index (κ3) is 1.95. The van der Waals surface area contributed by atoms with E-state index in [4.69, 9.17) is 4.52 Å². The van der Waals surface area contributed by atoms with Crippen molar-refractivity contribution in [3.8, 4) is 11.4 Å². The molecule has 4 nitrogen and oxygen atoms in total. The lowest BCUT2D eigenvalue weighted by Gasteiger charge is -2.23. The second-order valence-corrected chi connectivity index (χ2v) is 5.63. The van der Waals surface area contributed by atoms with Crippen LogP contribution in [0.5, 0.6) is 0 Å². The zero-order valence-electron chi connectivity index (χ0n) is 10.7. The number of fused-ring (bicyclic) bond motifs is 1. The molecule has 0 fully saturated rings. The van der Waals surface area contributed by atoms with Crippen LogP contribution in [-0.2, 0) is 6.54 Å². The van der Waals surface area contributed by atoms with Crippen molar-refractivity contribution in [1.82, 2.24) is 15.5 Å². The van der Waals surface area contributed by atoms with Gasteiger partial charge in [0.25, 0.3) is 0 Å². The van der Waals surface area contributed by atoms with Crippen LogP contribution in [-0.4, -0.2) is 16.7 Å². The molecule has 0 aliphatic carbocycles. The Balaban J connectivity index is 1.72. The Kier molecular flexibility index (Phi) is 2.86. The number of rotatable bonds is 2. The molecule has 0 radical (unpaired) electrons. The maximum Gasteiger partial charge on any atom is 0.235 e. The Hall–Kier alpha value is -1.98. The predicted molar refractivity (Wildman–Crippen MR) is 77.6 cm³/mol. The standard InChI is InChI=1S/C15H13N3OS/c1-2-4-12-10(3-1)7-16-8-13(12)15-17-14(18-19-15)11-5-6-20-9-11/h1-6,9,13,16H,7-8H2. The first-order valence-corrected chi connectivity index (χ1v) is 7.51. The second kappa shape index (κ2) is 4.85. The maximum atomic E-state index is 5.49. The van der Waals surface area contributed by atoms with Crippen molar-refractivity contribution in [1.29, 1.82) is 0 Å². The van der Waals surface area contributed by atoms with E-state index in [9.17, 15) is 0 Å². The van der Waals surface area contributed by atoms with Crippen molar-refractivity contribution in [2.45, 2.75) is 12.5 Å². The van der Waals surface area contributed by atoms with Gasteiger partial charge >= 0.3 is 0 Å². The monoisotopic (exact) mass is 283 g/mol. The molecule has 1 aliphatic heterocycles. The van der Waals surface area contributed by atoms with Crippen molar-refractivity contribution >= 4 is 11.3 Å². The summed E-state index contributed by atoms with van der Waals surface area (Å²) in [6.45, 7) is 1.74. The second-order valence-electron chi connectivity index (χ2n) is 4.85. The first-order chi connectivity index (χ1) is 9.92. The average Bonchev–Trinajstić information content (AvgIpc) is 3.17. The fourth-order valence-electron chi connectivity index (χ4n) is 2.60. The highest BCUT2D eigenvalue weighted by Crippen LogP contribution is 2.30. The predicted octanol–water partition coefficient (Wildman–Crippen LogP) is 3.03. The molecule has 1 aliphatic rings. The Labute approximate surface area is 120 Å². The number of thiophene rings is 1. The molecular weight excluding hydrogens is 270 g/mol. The number of aromatic nitrogens is 2. The molecule has 4 rings (SSSR count). The molecule has 0 amide bonds. The fourth-order valence-corrected chi connectivity index (χ4v) is 3.24. The highest BCUT2D eigenvalue weighted by Gasteiger charge is 2.26. The Morgan fingerprint density at radius 3 is 3.10 bits per heavy atom. The van der Waals surface area contributed by atoms with Crippen LogP contribution in [0.4, 0.5) is 0 Å². The van der Waals surface area contributed by atoms with Crippen LogP contribution < -0.4 is 5.32 Å². The first-order valence-electron chi connectivity index (χ1n) is 6.56. The lowest BCUT2D eigenvalue weighted by Crippen LogP contribution is -2.28. The Morgan fingerprint density at radius 1 is 1.25 bits per heavy atom. The molecule has 20 heavy (non-hydrogen) atoms. The molecule has 0 saturated heterocycles. The van der Waals surface area contributed by atoms with E-state index in [1.54, 1.807) is 11.3 Å². The SMILES string of the molecule is c1ccc2c(c1)CNCC2c1nc(-c2ccsc2)no1. The molecule has 1 aromatic carbocycles. The summed E-state index contributed by atoms with van der Waals surface area (Å²) in [4.78, 5) is 4.56. The van der Waals surface area contributed by atoms with Crippen molar-refractivity contribution in [3.05, 3.63) is 58.1 Å². The average molecular weight is 283 g/mol. The summed E-state index contributed by atoms with van der Waals surface area (Å²) < 4.78 is 5.49. The highest BCUT2D eigenvalue weighted by atomic mass is 32.1. The van der Waals surface area contributed by atoms with E-state index in [2.05, 4.69) is 39.7 Å². The molecule has 0 spiro atoms. The van der Waals surface area contributed by atoms with Gasteiger partial charge in [-0.25, -0.2) is 0 Å². The number of hydrogen-bond donors (Lipinski definition) is 1. The zero-order chi connectivity index (χ0) is 13.4. The van der Waals surface area contributed by atoms with Gasteiger partial charge < -0.3 is 9.84 Å². The molecular formula is C15H13N3OS. The van der Waals surface area contributed by atoms with Gasteiger partial charge in [0, 0.05) is 24.0 Å². The van der Waals surface area contributed by atoms with E-state index in [1.165, 1.54) is 11.1 Å². The van der Waals surface area contributed by atoms with Crippen molar-refractivity contribution in [3.63, 3.8) is 0 Å². The van der Waals surface area contributed by atoms with E-state index >= 15 is 0 Å². The normalized spacial score (nSPS) is 17.9. The number of nitrogens with zero attached hydrogens (tertiary/aromatic N) is 2. The fraction of sp³-hybridized carbons (Fsp3) is 0.200. The molecule has 0 saturated carbocycles. The van der Waals surface area contributed by atoms with E-state index in [0.717, 1.165) is 18.7 Å². The molecule has 1 unspecified atom stereocenters. The summed E-state index contributed by atoms with van der Waals surface area (Å²) in [6, 6.07) is 10.4. The molecule has 1 atom stereocenters. The number of hydrogen-bond acceptors (Lipinski definition) is 5. The van der Waals surface area contributed by atoms with Gasteiger partial charge in [-0.15, -0.1) is 0 Å². The van der Waals surface area contributed by atoms with E-state index in [-0.39, 0.29) is 5.92 Å². The Morgan fingerprint density at radius 2 is 2.20 bits per heavy atom. The summed E-state index contributed by atoms with van der Waals surface area (Å²) in [6.07, 6.45) is 0. The molecule has 100 valence electrons. The van der Waals surface area contributed by atoms with Crippen LogP contribution in [0.1, 0.15) is 22.9 Å². The van der Waals surface area contributed by atoms with E-state index < -0.39 is 0 Å². The maximum absolute atomic E-state index is 5.49. The summed E-state index contributed by atoms with van der Waals surface area (Å²) in [5, 5.41) is 11.6. The van der Waals surface area contributed by atoms with Crippen LogP contribution >= 0.6 is 11.3 Å². The number of benzene rings is 1. The minimum absolute atomic E-state index is 0.139. The van der Waals surface area contributed by atoms with Crippen LogP contribution in [0, 0.1) is 0 Å². The van der Waals surface area contributed by atoms with Crippen LogP contribution in [0.25, 0.3) is 11.4 Å². The lowest BCUT2D eigenvalue weighted by molar-refractivity contribution is 0.356. The van der Waals surface area contributed by atoms with Crippen LogP contribution in [0.15, 0.2) is 45.6 Å². The third-order valence-electron chi connectivity index (χ3n) is 3.61. The van der Waals surface area contributed by atoms with E-state index in [0.29, 0.717) is 11.7 Å². The van der Waals surface area contributed by atoms with Gasteiger partial charge in [-0.05, 0) is 22.6 Å². The van der Waals surface area contributed by atoms with Gasteiger partial charge in [0.05, 0.1) is 5.92 Å². The van der Waals surface area contributed by atoms with Gasteiger partial charge in [-0.3, -0.25) is 0 Å². The van der Waals surface area contributed by atoms with Gasteiger partial charge in [0.1, 0.15) is 0 Å². The topological polar surface area (TPSA) is 51.0 Å². The van der Waals surface area contributed by atoms with Gasteiger partial charge in [0.15, 0.2) is 0 Å². The smallest absolute Gasteiger partial charge is 0.235 e. The van der Waals surface area contributed by atoms with Crippen LogP contribution in [0.2, 0.25) is 0 Å². The minimum atomic E-state index is 0.139. The zero-order valence-corrected chi connectivity index (χ0v) is 11.6. The minimum Gasteiger partial charge on any atom is -0.338 e.